The van der Waals surface area contributed by atoms with Crippen LogP contribution in [0.1, 0.15) is 46.5 Å². The van der Waals surface area contributed by atoms with E-state index < -0.39 is 5.60 Å². The molecule has 0 atom stereocenters. The number of hydrogen-bond acceptors (Lipinski definition) is 9. The predicted molar refractivity (Wildman–Crippen MR) is 212 cm³/mol. The lowest BCUT2D eigenvalue weighted by Crippen LogP contribution is -2.42. The molecule has 8 rings (SSSR count). The van der Waals surface area contributed by atoms with E-state index in [9.17, 15) is 15.0 Å². The van der Waals surface area contributed by atoms with Crippen LogP contribution in [0.25, 0.3) is 33.3 Å². The van der Waals surface area contributed by atoms with E-state index in [1.165, 1.54) is 0 Å². The number of likely N-dealkylation sites (tertiary alicyclic amines) is 1. The summed E-state index contributed by atoms with van der Waals surface area (Å²) in [5.74, 6) is 3.12. The zero-order chi connectivity index (χ0) is 38.4. The predicted octanol–water partition coefficient (Wildman–Crippen LogP) is 7.82. The number of fused-ring (bicyclic) bond motifs is 2. The lowest BCUT2D eigenvalue weighted by Gasteiger charge is -2.33. The highest BCUT2D eigenvalue weighted by Crippen LogP contribution is 2.32. The Morgan fingerprint density at radius 3 is 1.62 bits per heavy atom. The lowest BCUT2D eigenvalue weighted by molar-refractivity contribution is 0.0165. The van der Waals surface area contributed by atoms with E-state index in [0.717, 1.165) is 90.2 Å². The van der Waals surface area contributed by atoms with E-state index in [-0.39, 0.29) is 17.6 Å². The Morgan fingerprint density at radius 1 is 0.709 bits per heavy atom. The minimum atomic E-state index is -0.476. The monoisotopic (exact) mass is 746 g/mol. The first kappa shape index (κ1) is 37.6. The molecule has 4 aromatic heterocycles. The van der Waals surface area contributed by atoms with Crippen molar-refractivity contribution in [2.45, 2.75) is 52.1 Å². The number of hydrogen-bond donors (Lipinski definition) is 3. The van der Waals surface area contributed by atoms with Gasteiger partial charge in [-0.1, -0.05) is 24.3 Å². The average Bonchev–Trinajstić information content (AvgIpc) is 3.87. The van der Waals surface area contributed by atoms with Crippen LogP contribution in [0, 0.1) is 11.8 Å². The number of phenols is 2. The van der Waals surface area contributed by atoms with E-state index in [0.29, 0.717) is 31.5 Å². The summed E-state index contributed by atoms with van der Waals surface area (Å²) in [7, 11) is 0. The number of aromatic nitrogens is 4. The number of benzene rings is 2. The van der Waals surface area contributed by atoms with Crippen LogP contribution in [0.4, 0.5) is 4.79 Å². The molecule has 12 nitrogen and oxygen atoms in total. The number of amides is 1. The van der Waals surface area contributed by atoms with Gasteiger partial charge in [-0.15, -0.1) is 0 Å². The molecule has 288 valence electrons. The third kappa shape index (κ3) is 9.68. The quantitative estimate of drug-likeness (QED) is 0.143. The second-order valence-electron chi connectivity index (χ2n) is 15.4. The van der Waals surface area contributed by atoms with Crippen molar-refractivity contribution in [3.8, 4) is 45.3 Å². The fraction of sp³-hybridized carbons (Fsp3) is 0.372. The Morgan fingerprint density at radius 2 is 1.16 bits per heavy atom. The Balaban J connectivity index is 0.000000174. The van der Waals surface area contributed by atoms with Crippen LogP contribution in [0.2, 0.25) is 0 Å². The number of imidazole rings is 2. The van der Waals surface area contributed by atoms with Crippen molar-refractivity contribution in [2.75, 3.05) is 39.4 Å². The topological polar surface area (TPSA) is 135 Å². The lowest BCUT2D eigenvalue weighted by atomic mass is 9.98. The van der Waals surface area contributed by atoms with Crippen LogP contribution in [0.15, 0.2) is 98.1 Å². The summed E-state index contributed by atoms with van der Waals surface area (Å²) in [6, 6.07) is 18.4. The molecule has 2 aliphatic rings. The molecule has 0 aliphatic carbocycles. The van der Waals surface area contributed by atoms with Crippen LogP contribution in [-0.2, 0) is 4.74 Å². The Bertz CT molecular complexity index is 2180. The third-order valence-electron chi connectivity index (χ3n) is 10.0. The zero-order valence-corrected chi connectivity index (χ0v) is 31.7. The molecule has 12 heteroatoms. The molecule has 2 fully saturated rings. The molecule has 0 spiro atoms. The normalized spacial score (nSPS) is 15.4. The number of phenolic OH excluding ortho intramolecular Hbond substituents is 2. The van der Waals surface area contributed by atoms with Gasteiger partial charge in [0.1, 0.15) is 39.6 Å². The van der Waals surface area contributed by atoms with Gasteiger partial charge in [-0.2, -0.15) is 0 Å². The first-order valence-corrected chi connectivity index (χ1v) is 19.0. The van der Waals surface area contributed by atoms with E-state index >= 15 is 0 Å². The zero-order valence-electron chi connectivity index (χ0n) is 31.7. The molecule has 2 aromatic carbocycles. The van der Waals surface area contributed by atoms with Gasteiger partial charge in [0.15, 0.2) is 0 Å². The van der Waals surface area contributed by atoms with Crippen LogP contribution in [0.5, 0.6) is 23.0 Å². The maximum absolute atomic E-state index is 12.3. The van der Waals surface area contributed by atoms with Gasteiger partial charge in [0.05, 0.1) is 38.3 Å². The van der Waals surface area contributed by atoms with Crippen molar-refractivity contribution < 1.29 is 29.2 Å². The number of carbonyl (C=O) groups is 1. The van der Waals surface area contributed by atoms with E-state index in [1.54, 1.807) is 48.0 Å². The molecule has 55 heavy (non-hydrogen) atoms. The van der Waals surface area contributed by atoms with Crippen LogP contribution in [0.3, 0.4) is 0 Å². The standard InChI is InChI=1S/C24H29N3O4.C19H21N3O2/c1-24(2,3)31-23(29)26-10-8-17(9-11-26)15-30-22-12-19(14-27-16-25-13-21(22)27)18-4-6-20(28)7-5-18;23-17-3-1-15(2-4-17)16-9-19(18-10-21-13-22(18)11-16)24-12-14-5-7-20-8-6-14/h4-7,12-14,16-17,28H,8-11,15H2,1-3H3;1-4,9-11,13-14,20,23H,5-8,12H2. The number of nitrogens with one attached hydrogen (secondary N) is 1. The van der Waals surface area contributed by atoms with Crippen molar-refractivity contribution in [3.63, 3.8) is 0 Å². The number of piperidine rings is 2. The number of carbonyl (C=O) groups excluding carboxylic acids is 1. The molecule has 0 radical (unpaired) electrons. The SMILES string of the molecule is CC(C)(C)OC(=O)N1CCC(COc2cc(-c3ccc(O)cc3)cn3cncc23)CC1.Oc1ccc(-c2cc(OCC3CCNCC3)c3cncn3c2)cc1. The van der Waals surface area contributed by atoms with Crippen molar-refractivity contribution in [3.05, 3.63) is 98.1 Å². The first-order valence-electron chi connectivity index (χ1n) is 19.0. The minimum absolute atomic E-state index is 0.238. The highest BCUT2D eigenvalue weighted by Gasteiger charge is 2.27. The highest BCUT2D eigenvalue weighted by atomic mass is 16.6. The van der Waals surface area contributed by atoms with Gasteiger partial charge < -0.3 is 43.4 Å². The second-order valence-corrected chi connectivity index (χ2v) is 15.4. The summed E-state index contributed by atoms with van der Waals surface area (Å²) in [6.07, 6.45) is 15.0. The fourth-order valence-electron chi connectivity index (χ4n) is 6.93. The molecule has 6 heterocycles. The number of rotatable bonds is 8. The van der Waals surface area contributed by atoms with Gasteiger partial charge in [0, 0.05) is 36.6 Å². The molecular formula is C43H50N6O6. The number of nitrogens with zero attached hydrogens (tertiary/aromatic N) is 5. The summed E-state index contributed by atoms with van der Waals surface area (Å²) in [5.41, 5.74) is 5.47. The number of ether oxygens (including phenoxy) is 3. The van der Waals surface area contributed by atoms with Gasteiger partial charge in [0.25, 0.3) is 0 Å². The van der Waals surface area contributed by atoms with Gasteiger partial charge in [-0.25, -0.2) is 14.8 Å². The number of aromatic hydroxyl groups is 2. The Labute approximate surface area is 321 Å². The van der Waals surface area contributed by atoms with Gasteiger partial charge in [-0.3, -0.25) is 0 Å². The van der Waals surface area contributed by atoms with Crippen molar-refractivity contribution in [2.24, 2.45) is 11.8 Å². The van der Waals surface area contributed by atoms with Crippen LogP contribution >= 0.6 is 0 Å². The number of pyridine rings is 2. The molecule has 0 unspecified atom stereocenters. The Kier molecular flexibility index (Phi) is 11.4. The summed E-state index contributed by atoms with van der Waals surface area (Å²) >= 11 is 0. The van der Waals surface area contributed by atoms with Gasteiger partial charge >= 0.3 is 6.09 Å². The molecule has 3 N–H and O–H groups in total. The summed E-state index contributed by atoms with van der Waals surface area (Å²) in [5, 5.41) is 22.4. The van der Waals surface area contributed by atoms with Gasteiger partial charge in [0.2, 0.25) is 0 Å². The van der Waals surface area contributed by atoms with Crippen molar-refractivity contribution >= 4 is 17.1 Å². The van der Waals surface area contributed by atoms with Crippen LogP contribution < -0.4 is 14.8 Å². The minimum Gasteiger partial charge on any atom is -0.508 e. The maximum Gasteiger partial charge on any atom is 0.410 e. The third-order valence-corrected chi connectivity index (χ3v) is 10.0. The van der Waals surface area contributed by atoms with Crippen LogP contribution in [-0.4, -0.2) is 85.0 Å². The summed E-state index contributed by atoms with van der Waals surface area (Å²) in [4.78, 5) is 22.5. The van der Waals surface area contributed by atoms with Gasteiger partial charge in [-0.05, 0) is 119 Å². The molecule has 1 amide bonds. The van der Waals surface area contributed by atoms with E-state index in [2.05, 4.69) is 21.4 Å². The van der Waals surface area contributed by atoms with E-state index in [4.69, 9.17) is 14.2 Å². The molecule has 0 bridgehead atoms. The average molecular weight is 747 g/mol. The molecule has 0 saturated carbocycles. The van der Waals surface area contributed by atoms with E-state index in [1.807, 2.05) is 78.5 Å². The smallest absolute Gasteiger partial charge is 0.410 e. The largest absolute Gasteiger partial charge is 0.508 e. The fourth-order valence-corrected chi connectivity index (χ4v) is 6.93. The second kappa shape index (κ2) is 16.7. The first-order chi connectivity index (χ1) is 26.6. The summed E-state index contributed by atoms with van der Waals surface area (Å²) in [6.45, 7) is 10.5. The Hall–Kier alpha value is -5.75. The molecular weight excluding hydrogens is 697 g/mol. The highest BCUT2D eigenvalue weighted by molar-refractivity contribution is 5.72. The summed E-state index contributed by atoms with van der Waals surface area (Å²) < 4.78 is 21.8. The van der Waals surface area contributed by atoms with Crippen molar-refractivity contribution in [1.29, 1.82) is 0 Å². The molecule has 2 saturated heterocycles. The molecule has 2 aliphatic heterocycles. The maximum atomic E-state index is 12.3. The molecule has 6 aromatic rings. The van der Waals surface area contributed by atoms with Crippen molar-refractivity contribution in [1.82, 2.24) is 29.0 Å².